The lowest BCUT2D eigenvalue weighted by Crippen LogP contribution is -2.36. The van der Waals surface area contributed by atoms with Crippen LogP contribution in [0.2, 0.25) is 0 Å². The van der Waals surface area contributed by atoms with Crippen molar-refractivity contribution in [2.24, 2.45) is 23.5 Å². The zero-order valence-electron chi connectivity index (χ0n) is 14.3. The lowest BCUT2D eigenvalue weighted by atomic mass is 10.1. The van der Waals surface area contributed by atoms with E-state index in [1.54, 1.807) is 6.07 Å². The molecule has 1 saturated carbocycles. The number of benzene rings is 1. The van der Waals surface area contributed by atoms with Gasteiger partial charge < -0.3 is 20.5 Å². The van der Waals surface area contributed by atoms with E-state index in [0.717, 1.165) is 0 Å². The van der Waals surface area contributed by atoms with Crippen molar-refractivity contribution in [2.75, 3.05) is 13.7 Å². The molecule has 0 bridgehead atoms. The number of nitrogens with one attached hydrogen (secondary N) is 1. The number of nitrogens with two attached hydrogens (primary N) is 1. The summed E-state index contributed by atoms with van der Waals surface area (Å²) in [7, 11) is 1.26. The predicted octanol–water partition coefficient (Wildman–Crippen LogP) is 1.24. The molecule has 3 N–H and O–H groups in total. The molecule has 4 atom stereocenters. The number of halogens is 1. The molecule has 1 aliphatic heterocycles. The number of aromatic nitrogens is 1. The Morgan fingerprint density at radius 1 is 1.46 bits per heavy atom. The number of amides is 2. The second-order valence-corrected chi connectivity index (χ2v) is 6.74. The van der Waals surface area contributed by atoms with E-state index in [4.69, 9.17) is 15.2 Å². The molecule has 136 valence electrons. The van der Waals surface area contributed by atoms with Crippen LogP contribution in [0.5, 0.6) is 11.6 Å². The molecule has 4 unspecified atom stereocenters. The van der Waals surface area contributed by atoms with Crippen LogP contribution in [-0.4, -0.2) is 36.6 Å². The van der Waals surface area contributed by atoms with Crippen LogP contribution in [-0.2, 0) is 4.79 Å². The summed E-state index contributed by atoms with van der Waals surface area (Å²) < 4.78 is 25.7. The largest absolute Gasteiger partial charge is 0.493 e. The number of ether oxygens (including phenoxy) is 2. The third-order valence-corrected chi connectivity index (χ3v) is 5.32. The lowest BCUT2D eigenvalue weighted by Gasteiger charge is -2.17. The van der Waals surface area contributed by atoms with E-state index in [1.165, 1.54) is 19.4 Å². The van der Waals surface area contributed by atoms with Crippen molar-refractivity contribution in [1.29, 1.82) is 0 Å². The summed E-state index contributed by atoms with van der Waals surface area (Å²) in [5.41, 5.74) is 5.25. The minimum absolute atomic E-state index is 0.0425. The number of carbonyl (C=O) groups excluding carboxylic acids is 2. The van der Waals surface area contributed by atoms with Gasteiger partial charge in [0.25, 0.3) is 5.91 Å². The third-order valence-electron chi connectivity index (χ3n) is 5.32. The molecule has 0 spiro atoms. The maximum atomic E-state index is 14.9. The maximum absolute atomic E-state index is 14.9. The average Bonchev–Trinajstić information content (AvgIpc) is 3.16. The van der Waals surface area contributed by atoms with E-state index in [0.29, 0.717) is 11.3 Å². The summed E-state index contributed by atoms with van der Waals surface area (Å²) >= 11 is 0. The molecule has 4 rings (SSSR count). The Hall–Kier alpha value is -2.90. The highest BCUT2D eigenvalue weighted by Gasteiger charge is 2.61. The van der Waals surface area contributed by atoms with Crippen LogP contribution < -0.4 is 20.5 Å². The van der Waals surface area contributed by atoms with Crippen LogP contribution in [0.15, 0.2) is 18.3 Å². The number of fused-ring (bicyclic) bond motifs is 2. The first kappa shape index (κ1) is 16.6. The molecule has 26 heavy (non-hydrogen) atoms. The van der Waals surface area contributed by atoms with Crippen LogP contribution in [0.4, 0.5) is 4.39 Å². The van der Waals surface area contributed by atoms with E-state index in [2.05, 4.69) is 10.3 Å². The first-order chi connectivity index (χ1) is 12.4. The number of rotatable bonds is 5. The van der Waals surface area contributed by atoms with E-state index in [1.807, 2.05) is 6.92 Å². The van der Waals surface area contributed by atoms with Gasteiger partial charge in [-0.05, 0) is 29.4 Å². The second kappa shape index (κ2) is 5.82. The molecule has 1 aromatic heterocycles. The highest BCUT2D eigenvalue weighted by molar-refractivity contribution is 6.02. The SMILES string of the molecule is COc1c(C(N)=O)cc2ccnc(OCC3NC(=O)C4C(C)C34)c2c1F. The third kappa shape index (κ3) is 2.36. The molecule has 2 amide bonds. The van der Waals surface area contributed by atoms with Crippen molar-refractivity contribution in [1.82, 2.24) is 10.3 Å². The molecule has 2 aliphatic rings. The molecule has 8 heteroatoms. The lowest BCUT2D eigenvalue weighted by molar-refractivity contribution is -0.121. The fourth-order valence-electron chi connectivity index (χ4n) is 3.96. The van der Waals surface area contributed by atoms with Gasteiger partial charge in [0, 0.05) is 12.1 Å². The number of nitrogens with zero attached hydrogens (tertiary/aromatic N) is 1. The molecule has 2 aromatic rings. The van der Waals surface area contributed by atoms with Gasteiger partial charge in [0.1, 0.15) is 6.61 Å². The fraction of sp³-hybridized carbons (Fsp3) is 0.389. The maximum Gasteiger partial charge on any atom is 0.252 e. The van der Waals surface area contributed by atoms with Gasteiger partial charge in [-0.15, -0.1) is 0 Å². The Labute approximate surface area is 148 Å². The van der Waals surface area contributed by atoms with Crippen LogP contribution in [0.25, 0.3) is 10.8 Å². The Morgan fingerprint density at radius 3 is 2.85 bits per heavy atom. The zero-order valence-corrected chi connectivity index (χ0v) is 14.3. The number of methoxy groups -OCH3 is 1. The van der Waals surface area contributed by atoms with Crippen molar-refractivity contribution in [2.45, 2.75) is 13.0 Å². The van der Waals surface area contributed by atoms with Gasteiger partial charge in [-0.2, -0.15) is 0 Å². The Bertz CT molecular complexity index is 932. The van der Waals surface area contributed by atoms with Gasteiger partial charge in [-0.1, -0.05) is 6.92 Å². The first-order valence-electron chi connectivity index (χ1n) is 8.32. The van der Waals surface area contributed by atoms with Crippen molar-refractivity contribution < 1.29 is 23.5 Å². The standard InChI is InChI=1S/C18H18FN3O4/c1-7-11-10(22-17(24)12(7)11)6-26-18-13-8(3-4-21-18)5-9(16(20)23)15(25-2)14(13)19/h3-5,7,10-12H,6H2,1-2H3,(H2,20,23)(H,22,24). The fourth-order valence-corrected chi connectivity index (χ4v) is 3.96. The number of hydrogen-bond acceptors (Lipinski definition) is 5. The molecule has 0 radical (unpaired) electrons. The number of hydrogen-bond donors (Lipinski definition) is 2. The molecule has 1 saturated heterocycles. The van der Waals surface area contributed by atoms with Crippen LogP contribution >= 0.6 is 0 Å². The van der Waals surface area contributed by atoms with E-state index < -0.39 is 11.7 Å². The monoisotopic (exact) mass is 359 g/mol. The topological polar surface area (TPSA) is 104 Å². The molecule has 7 nitrogen and oxygen atoms in total. The van der Waals surface area contributed by atoms with Crippen molar-refractivity contribution in [3.63, 3.8) is 0 Å². The minimum atomic E-state index is -0.788. The van der Waals surface area contributed by atoms with Gasteiger partial charge >= 0.3 is 0 Å². The van der Waals surface area contributed by atoms with Crippen LogP contribution in [0, 0.1) is 23.6 Å². The molecular formula is C18H18FN3O4. The predicted molar refractivity (Wildman–Crippen MR) is 90.3 cm³/mol. The second-order valence-electron chi connectivity index (χ2n) is 6.74. The minimum Gasteiger partial charge on any atom is -0.493 e. The van der Waals surface area contributed by atoms with Crippen molar-refractivity contribution >= 4 is 22.6 Å². The Kier molecular flexibility index (Phi) is 3.71. The highest BCUT2D eigenvalue weighted by atomic mass is 19.1. The normalized spacial score (nSPS) is 26.3. The smallest absolute Gasteiger partial charge is 0.252 e. The van der Waals surface area contributed by atoms with Gasteiger partial charge in [-0.25, -0.2) is 9.37 Å². The van der Waals surface area contributed by atoms with E-state index >= 15 is 0 Å². The number of piperidine rings is 1. The zero-order chi connectivity index (χ0) is 18.6. The van der Waals surface area contributed by atoms with Crippen LogP contribution in [0.1, 0.15) is 17.3 Å². The first-order valence-corrected chi connectivity index (χ1v) is 8.32. The van der Waals surface area contributed by atoms with E-state index in [-0.39, 0.29) is 53.0 Å². The number of pyridine rings is 1. The Morgan fingerprint density at radius 2 is 2.23 bits per heavy atom. The molecule has 2 fully saturated rings. The quantitative estimate of drug-likeness (QED) is 0.836. The van der Waals surface area contributed by atoms with Crippen LogP contribution in [0.3, 0.4) is 0 Å². The summed E-state index contributed by atoms with van der Waals surface area (Å²) in [6.45, 7) is 2.23. The van der Waals surface area contributed by atoms with Gasteiger partial charge in [0.05, 0.1) is 24.1 Å². The molecular weight excluding hydrogens is 341 g/mol. The summed E-state index contributed by atoms with van der Waals surface area (Å²) in [6, 6.07) is 2.90. The summed E-state index contributed by atoms with van der Waals surface area (Å²) in [5.74, 6) is -1.02. The van der Waals surface area contributed by atoms with Crippen molar-refractivity contribution in [3.8, 4) is 11.6 Å². The van der Waals surface area contributed by atoms with Crippen molar-refractivity contribution in [3.05, 3.63) is 29.7 Å². The summed E-state index contributed by atoms with van der Waals surface area (Å²) in [6.07, 6.45) is 1.46. The molecule has 1 aliphatic carbocycles. The van der Waals surface area contributed by atoms with Gasteiger partial charge in [0.15, 0.2) is 11.6 Å². The average molecular weight is 359 g/mol. The summed E-state index contributed by atoms with van der Waals surface area (Å²) in [5, 5.41) is 3.43. The number of primary amides is 1. The summed E-state index contributed by atoms with van der Waals surface area (Å²) in [4.78, 5) is 27.5. The number of carbonyl (C=O) groups is 2. The highest BCUT2D eigenvalue weighted by Crippen LogP contribution is 2.52. The molecule has 1 aromatic carbocycles. The Balaban J connectivity index is 1.67. The van der Waals surface area contributed by atoms with E-state index in [9.17, 15) is 14.0 Å². The molecule has 2 heterocycles. The van der Waals surface area contributed by atoms with Gasteiger partial charge in [0.2, 0.25) is 11.8 Å². The van der Waals surface area contributed by atoms with Gasteiger partial charge in [-0.3, -0.25) is 9.59 Å².